The van der Waals surface area contributed by atoms with Crippen LogP contribution in [-0.2, 0) is 4.74 Å². The fourth-order valence-corrected chi connectivity index (χ4v) is 1.65. The van der Waals surface area contributed by atoms with Crippen LogP contribution in [0, 0.1) is 6.92 Å². The van der Waals surface area contributed by atoms with Crippen molar-refractivity contribution in [2.24, 2.45) is 0 Å². The highest BCUT2D eigenvalue weighted by atomic mass is 79.9. The van der Waals surface area contributed by atoms with Gasteiger partial charge < -0.3 is 20.9 Å². The predicted octanol–water partition coefficient (Wildman–Crippen LogP) is 1.15. The predicted molar refractivity (Wildman–Crippen MR) is 67.5 cm³/mol. The monoisotopic (exact) mass is 289 g/mol. The van der Waals surface area contributed by atoms with Crippen molar-refractivity contribution in [3.63, 3.8) is 0 Å². The summed E-state index contributed by atoms with van der Waals surface area (Å²) in [5.74, 6) is 0.668. The van der Waals surface area contributed by atoms with E-state index in [0.29, 0.717) is 24.7 Å². The fourth-order valence-electron chi connectivity index (χ4n) is 1.18. The molecule has 1 heterocycles. The molecule has 1 atom stereocenters. The molecule has 4 N–H and O–H groups in total. The summed E-state index contributed by atoms with van der Waals surface area (Å²) in [7, 11) is 1.55. The molecule has 5 nitrogen and oxygen atoms in total. The van der Waals surface area contributed by atoms with Gasteiger partial charge >= 0.3 is 0 Å². The van der Waals surface area contributed by atoms with Crippen molar-refractivity contribution in [2.45, 2.75) is 13.0 Å². The molecule has 0 amide bonds. The molecule has 0 fully saturated rings. The summed E-state index contributed by atoms with van der Waals surface area (Å²) in [6.07, 6.45) is 1.03. The summed E-state index contributed by atoms with van der Waals surface area (Å²) in [4.78, 5) is 4.14. The van der Waals surface area contributed by atoms with E-state index >= 15 is 0 Å². The van der Waals surface area contributed by atoms with E-state index in [1.54, 1.807) is 13.3 Å². The van der Waals surface area contributed by atoms with Crippen molar-refractivity contribution in [1.82, 2.24) is 4.98 Å². The van der Waals surface area contributed by atoms with Gasteiger partial charge in [-0.15, -0.1) is 0 Å². The highest BCUT2D eigenvalue weighted by molar-refractivity contribution is 9.10. The van der Waals surface area contributed by atoms with E-state index in [1.165, 1.54) is 0 Å². The van der Waals surface area contributed by atoms with Gasteiger partial charge in [-0.3, -0.25) is 0 Å². The molecular weight excluding hydrogens is 274 g/mol. The Morgan fingerprint density at radius 3 is 3.00 bits per heavy atom. The second-order valence-electron chi connectivity index (χ2n) is 3.49. The van der Waals surface area contributed by atoms with E-state index in [-0.39, 0.29) is 0 Å². The molecule has 0 spiro atoms. The van der Waals surface area contributed by atoms with Crippen LogP contribution in [0.3, 0.4) is 0 Å². The number of pyridine rings is 1. The molecule has 0 aliphatic heterocycles. The van der Waals surface area contributed by atoms with Crippen molar-refractivity contribution in [2.75, 3.05) is 31.3 Å². The summed E-state index contributed by atoms with van der Waals surface area (Å²) >= 11 is 3.40. The lowest BCUT2D eigenvalue weighted by Crippen LogP contribution is -2.24. The lowest BCUT2D eigenvalue weighted by molar-refractivity contribution is 0.0727. The normalized spacial score (nSPS) is 12.5. The zero-order valence-corrected chi connectivity index (χ0v) is 10.9. The van der Waals surface area contributed by atoms with Gasteiger partial charge in [-0.05, 0) is 28.4 Å². The highest BCUT2D eigenvalue weighted by Gasteiger charge is 2.09. The van der Waals surface area contributed by atoms with Crippen LogP contribution in [0.25, 0.3) is 0 Å². The number of rotatable bonds is 5. The van der Waals surface area contributed by atoms with E-state index in [0.717, 1.165) is 10.0 Å². The Bertz CT molecular complexity index is 360. The minimum absolute atomic E-state index is 0.290. The van der Waals surface area contributed by atoms with Crippen LogP contribution in [0.1, 0.15) is 5.56 Å². The van der Waals surface area contributed by atoms with Crippen molar-refractivity contribution in [3.8, 4) is 0 Å². The number of nitrogen functional groups attached to an aromatic ring is 1. The minimum Gasteiger partial charge on any atom is -0.397 e. The number of hydrogen-bond donors (Lipinski definition) is 3. The van der Waals surface area contributed by atoms with Crippen LogP contribution in [0.5, 0.6) is 0 Å². The summed E-state index contributed by atoms with van der Waals surface area (Å²) in [6.45, 7) is 2.57. The van der Waals surface area contributed by atoms with Gasteiger partial charge in [0.1, 0.15) is 5.82 Å². The molecule has 6 heteroatoms. The number of aromatic nitrogens is 1. The molecular formula is C10H16BrN3O2. The quantitative estimate of drug-likeness (QED) is 0.758. The van der Waals surface area contributed by atoms with Crippen LogP contribution in [0.4, 0.5) is 11.5 Å². The van der Waals surface area contributed by atoms with Crippen LogP contribution in [-0.4, -0.2) is 36.5 Å². The van der Waals surface area contributed by atoms with Gasteiger partial charge in [0.2, 0.25) is 0 Å². The average Bonchev–Trinajstić information content (AvgIpc) is 2.25. The number of nitrogens with one attached hydrogen (secondary N) is 1. The number of halogens is 1. The number of anilines is 2. The zero-order chi connectivity index (χ0) is 12.1. The number of aliphatic hydroxyl groups is 1. The lowest BCUT2D eigenvalue weighted by Gasteiger charge is -2.13. The van der Waals surface area contributed by atoms with Crippen LogP contribution in [0.15, 0.2) is 10.7 Å². The first-order valence-corrected chi connectivity index (χ1v) is 5.67. The van der Waals surface area contributed by atoms with Crippen molar-refractivity contribution >= 4 is 27.4 Å². The molecule has 1 aromatic heterocycles. The molecule has 0 aromatic carbocycles. The first kappa shape index (κ1) is 13.2. The Morgan fingerprint density at radius 2 is 2.38 bits per heavy atom. The van der Waals surface area contributed by atoms with Crippen LogP contribution < -0.4 is 11.1 Å². The maximum Gasteiger partial charge on any atom is 0.140 e. The van der Waals surface area contributed by atoms with Gasteiger partial charge in [0.15, 0.2) is 0 Å². The molecule has 0 saturated heterocycles. The van der Waals surface area contributed by atoms with Gasteiger partial charge in [0, 0.05) is 13.7 Å². The fraction of sp³-hybridized carbons (Fsp3) is 0.500. The van der Waals surface area contributed by atoms with Crippen molar-refractivity contribution < 1.29 is 9.84 Å². The van der Waals surface area contributed by atoms with Crippen LogP contribution in [0.2, 0.25) is 0 Å². The average molecular weight is 290 g/mol. The number of ether oxygens (including phenoxy) is 1. The molecule has 1 unspecified atom stereocenters. The standard InChI is InChI=1S/C10H16BrN3O2/c1-6-8(12)4-14-10(9(6)11)13-3-7(15)5-16-2/h4,7,15H,3,5,12H2,1-2H3,(H,13,14). The Hall–Kier alpha value is -0.850. The van der Waals surface area contributed by atoms with E-state index in [4.69, 9.17) is 10.5 Å². The van der Waals surface area contributed by atoms with Gasteiger partial charge in [-0.1, -0.05) is 0 Å². The number of nitrogens with two attached hydrogens (primary N) is 1. The number of nitrogens with zero attached hydrogens (tertiary/aromatic N) is 1. The second kappa shape index (κ2) is 6.03. The third kappa shape index (κ3) is 3.33. The smallest absolute Gasteiger partial charge is 0.140 e. The summed E-state index contributed by atoms with van der Waals surface area (Å²) < 4.78 is 5.64. The molecule has 1 aromatic rings. The second-order valence-corrected chi connectivity index (χ2v) is 4.28. The maximum atomic E-state index is 9.47. The highest BCUT2D eigenvalue weighted by Crippen LogP contribution is 2.27. The Balaban J connectivity index is 2.64. The number of aliphatic hydroxyl groups excluding tert-OH is 1. The molecule has 90 valence electrons. The number of methoxy groups -OCH3 is 1. The van der Waals surface area contributed by atoms with Gasteiger partial charge in [0.25, 0.3) is 0 Å². The van der Waals surface area contributed by atoms with Crippen LogP contribution >= 0.6 is 15.9 Å². The summed E-state index contributed by atoms with van der Waals surface area (Å²) in [5.41, 5.74) is 7.27. The summed E-state index contributed by atoms with van der Waals surface area (Å²) in [5, 5.41) is 12.5. The summed E-state index contributed by atoms with van der Waals surface area (Å²) in [6, 6.07) is 0. The van der Waals surface area contributed by atoms with E-state index in [9.17, 15) is 5.11 Å². The molecule has 16 heavy (non-hydrogen) atoms. The van der Waals surface area contributed by atoms with E-state index in [2.05, 4.69) is 26.2 Å². The first-order chi connectivity index (χ1) is 7.56. The Kier molecular flexibility index (Phi) is 4.98. The first-order valence-electron chi connectivity index (χ1n) is 4.87. The maximum absolute atomic E-state index is 9.47. The SMILES string of the molecule is COCC(O)CNc1ncc(N)c(C)c1Br. The Labute approximate surface area is 103 Å². The lowest BCUT2D eigenvalue weighted by atomic mass is 10.2. The molecule has 0 aliphatic rings. The third-order valence-corrected chi connectivity index (χ3v) is 3.14. The van der Waals surface area contributed by atoms with Crippen molar-refractivity contribution in [1.29, 1.82) is 0 Å². The zero-order valence-electron chi connectivity index (χ0n) is 9.33. The number of hydrogen-bond acceptors (Lipinski definition) is 5. The van der Waals surface area contributed by atoms with Gasteiger partial charge in [-0.2, -0.15) is 0 Å². The van der Waals surface area contributed by atoms with Gasteiger partial charge in [0.05, 0.1) is 29.1 Å². The van der Waals surface area contributed by atoms with Crippen molar-refractivity contribution in [3.05, 3.63) is 16.2 Å². The van der Waals surface area contributed by atoms with Gasteiger partial charge in [-0.25, -0.2) is 4.98 Å². The molecule has 1 rings (SSSR count). The largest absolute Gasteiger partial charge is 0.397 e. The molecule has 0 radical (unpaired) electrons. The van der Waals surface area contributed by atoms with E-state index < -0.39 is 6.10 Å². The minimum atomic E-state index is -0.559. The third-order valence-electron chi connectivity index (χ3n) is 2.17. The topological polar surface area (TPSA) is 80.4 Å². The molecule has 0 saturated carbocycles. The molecule has 0 aliphatic carbocycles. The van der Waals surface area contributed by atoms with E-state index in [1.807, 2.05) is 6.92 Å². The Morgan fingerprint density at radius 1 is 1.69 bits per heavy atom. The molecule has 0 bridgehead atoms.